The van der Waals surface area contributed by atoms with Gasteiger partial charge in [-0.25, -0.2) is 4.98 Å². The van der Waals surface area contributed by atoms with E-state index in [9.17, 15) is 4.79 Å². The van der Waals surface area contributed by atoms with E-state index in [1.807, 2.05) is 48.5 Å². The van der Waals surface area contributed by atoms with Gasteiger partial charge < -0.3 is 15.4 Å². The monoisotopic (exact) mass is 418 g/mol. The molecular weight excluding hydrogens is 400 g/mol. The standard InChI is InChI=1S/C23H19ClN4O2/c1-30-19-6-2-15(3-7-19)14-27-23(29)21-13-18(9-11-25-21)28-22-20-12-17(24)5-4-16(20)8-10-26-22/h2-13H,14H2,1H3,(H,27,29)(H,25,26,28). The van der Waals surface area contributed by atoms with E-state index < -0.39 is 0 Å². The normalized spacial score (nSPS) is 10.6. The number of anilines is 2. The summed E-state index contributed by atoms with van der Waals surface area (Å²) in [6, 6.07) is 18.5. The van der Waals surface area contributed by atoms with E-state index in [0.29, 0.717) is 28.8 Å². The van der Waals surface area contributed by atoms with Gasteiger partial charge in [0.05, 0.1) is 7.11 Å². The molecule has 0 radical (unpaired) electrons. The van der Waals surface area contributed by atoms with Gasteiger partial charge in [0, 0.05) is 35.0 Å². The van der Waals surface area contributed by atoms with Gasteiger partial charge in [-0.3, -0.25) is 9.78 Å². The maximum Gasteiger partial charge on any atom is 0.270 e. The zero-order valence-corrected chi connectivity index (χ0v) is 17.0. The van der Waals surface area contributed by atoms with E-state index >= 15 is 0 Å². The largest absolute Gasteiger partial charge is 0.497 e. The minimum atomic E-state index is -0.261. The predicted octanol–water partition coefficient (Wildman–Crippen LogP) is 4.97. The molecule has 0 aliphatic carbocycles. The molecule has 0 fully saturated rings. The van der Waals surface area contributed by atoms with Crippen LogP contribution in [0.1, 0.15) is 16.1 Å². The Morgan fingerprint density at radius 3 is 2.60 bits per heavy atom. The number of halogens is 1. The summed E-state index contributed by atoms with van der Waals surface area (Å²) in [5.41, 5.74) is 1.99. The number of carbonyl (C=O) groups excluding carboxylic acids is 1. The molecule has 2 heterocycles. The molecule has 6 nitrogen and oxygen atoms in total. The molecule has 2 aromatic carbocycles. The molecule has 0 aliphatic heterocycles. The molecule has 4 aromatic rings. The lowest BCUT2D eigenvalue weighted by Crippen LogP contribution is -2.23. The quantitative estimate of drug-likeness (QED) is 0.462. The average molecular weight is 419 g/mol. The zero-order valence-electron chi connectivity index (χ0n) is 16.2. The van der Waals surface area contributed by atoms with Gasteiger partial charge >= 0.3 is 0 Å². The average Bonchev–Trinajstić information content (AvgIpc) is 2.78. The minimum absolute atomic E-state index is 0.261. The number of amides is 1. The highest BCUT2D eigenvalue weighted by Crippen LogP contribution is 2.27. The summed E-state index contributed by atoms with van der Waals surface area (Å²) < 4.78 is 5.14. The van der Waals surface area contributed by atoms with Crippen LogP contribution in [0.4, 0.5) is 11.5 Å². The Morgan fingerprint density at radius 1 is 1.00 bits per heavy atom. The van der Waals surface area contributed by atoms with Crippen LogP contribution < -0.4 is 15.4 Å². The van der Waals surface area contributed by atoms with Gasteiger partial charge in [0.15, 0.2) is 0 Å². The first-order chi connectivity index (χ1) is 14.6. The van der Waals surface area contributed by atoms with Gasteiger partial charge in [-0.15, -0.1) is 0 Å². The van der Waals surface area contributed by atoms with Crippen molar-refractivity contribution < 1.29 is 9.53 Å². The number of nitrogens with zero attached hydrogens (tertiary/aromatic N) is 2. The number of hydrogen-bond donors (Lipinski definition) is 2. The molecule has 150 valence electrons. The van der Waals surface area contributed by atoms with Crippen molar-refractivity contribution in [2.45, 2.75) is 6.54 Å². The molecule has 2 aromatic heterocycles. The molecule has 0 aliphatic rings. The van der Waals surface area contributed by atoms with Crippen molar-refractivity contribution in [3.05, 3.63) is 89.3 Å². The number of carbonyl (C=O) groups is 1. The molecule has 0 saturated heterocycles. The fraction of sp³-hybridized carbons (Fsp3) is 0.0870. The van der Waals surface area contributed by atoms with Crippen molar-refractivity contribution in [3.63, 3.8) is 0 Å². The summed E-state index contributed by atoms with van der Waals surface area (Å²) >= 11 is 6.14. The number of fused-ring (bicyclic) bond motifs is 1. The van der Waals surface area contributed by atoms with Crippen molar-refractivity contribution in [1.29, 1.82) is 0 Å². The van der Waals surface area contributed by atoms with Crippen molar-refractivity contribution in [1.82, 2.24) is 15.3 Å². The first-order valence-electron chi connectivity index (χ1n) is 9.31. The number of aromatic nitrogens is 2. The lowest BCUT2D eigenvalue weighted by atomic mass is 10.1. The molecule has 0 atom stereocenters. The van der Waals surface area contributed by atoms with E-state index in [4.69, 9.17) is 16.3 Å². The third-order valence-corrected chi connectivity index (χ3v) is 4.83. The topological polar surface area (TPSA) is 76.1 Å². The summed E-state index contributed by atoms with van der Waals surface area (Å²) in [6.07, 6.45) is 3.31. The lowest BCUT2D eigenvalue weighted by molar-refractivity contribution is 0.0946. The molecule has 0 spiro atoms. The van der Waals surface area contributed by atoms with E-state index in [0.717, 1.165) is 22.1 Å². The maximum absolute atomic E-state index is 12.5. The van der Waals surface area contributed by atoms with Crippen LogP contribution in [0.25, 0.3) is 10.8 Å². The van der Waals surface area contributed by atoms with Crippen molar-refractivity contribution in [3.8, 4) is 5.75 Å². The van der Waals surface area contributed by atoms with Crippen LogP contribution >= 0.6 is 11.6 Å². The number of pyridine rings is 2. The smallest absolute Gasteiger partial charge is 0.270 e. The van der Waals surface area contributed by atoms with Crippen LogP contribution in [0.5, 0.6) is 5.75 Å². The fourth-order valence-corrected chi connectivity index (χ4v) is 3.20. The molecule has 30 heavy (non-hydrogen) atoms. The Labute approximate surface area is 178 Å². The summed E-state index contributed by atoms with van der Waals surface area (Å²) in [5, 5.41) is 8.67. The Kier molecular flexibility index (Phi) is 5.77. The summed E-state index contributed by atoms with van der Waals surface area (Å²) in [6.45, 7) is 0.394. The zero-order chi connectivity index (χ0) is 20.9. The van der Waals surface area contributed by atoms with Crippen LogP contribution in [0.3, 0.4) is 0 Å². The number of ether oxygens (including phenoxy) is 1. The molecule has 0 unspecified atom stereocenters. The van der Waals surface area contributed by atoms with Gasteiger partial charge in [0.1, 0.15) is 17.3 Å². The van der Waals surface area contributed by atoms with Crippen LogP contribution in [0, 0.1) is 0 Å². The molecule has 0 saturated carbocycles. The highest BCUT2D eigenvalue weighted by atomic mass is 35.5. The number of methoxy groups -OCH3 is 1. The molecule has 2 N–H and O–H groups in total. The Hall–Kier alpha value is -3.64. The maximum atomic E-state index is 12.5. The second kappa shape index (κ2) is 8.80. The Bertz CT molecular complexity index is 1200. The van der Waals surface area contributed by atoms with Gasteiger partial charge in [-0.1, -0.05) is 29.8 Å². The summed E-state index contributed by atoms with van der Waals surface area (Å²) in [4.78, 5) is 21.1. The van der Waals surface area contributed by atoms with E-state index in [2.05, 4.69) is 20.6 Å². The third kappa shape index (κ3) is 4.50. The van der Waals surface area contributed by atoms with E-state index in [-0.39, 0.29) is 5.91 Å². The number of hydrogen-bond acceptors (Lipinski definition) is 5. The molecule has 7 heteroatoms. The number of nitrogens with one attached hydrogen (secondary N) is 2. The SMILES string of the molecule is COc1ccc(CNC(=O)c2cc(Nc3nccc4ccc(Cl)cc34)ccn2)cc1. The first kappa shape index (κ1) is 19.7. The highest BCUT2D eigenvalue weighted by molar-refractivity contribution is 6.31. The second-order valence-corrected chi connectivity index (χ2v) is 7.05. The van der Waals surface area contributed by atoms with Crippen LogP contribution in [-0.2, 0) is 6.54 Å². The molecular formula is C23H19ClN4O2. The van der Waals surface area contributed by atoms with E-state index in [1.54, 1.807) is 31.6 Å². The van der Waals surface area contributed by atoms with Crippen molar-refractivity contribution in [2.24, 2.45) is 0 Å². The minimum Gasteiger partial charge on any atom is -0.497 e. The Balaban J connectivity index is 1.48. The molecule has 4 rings (SSSR count). The number of rotatable bonds is 6. The van der Waals surface area contributed by atoms with Crippen LogP contribution in [0.15, 0.2) is 73.1 Å². The predicted molar refractivity (Wildman–Crippen MR) is 118 cm³/mol. The highest BCUT2D eigenvalue weighted by Gasteiger charge is 2.10. The lowest BCUT2D eigenvalue weighted by Gasteiger charge is -2.10. The molecule has 1 amide bonds. The summed E-state index contributed by atoms with van der Waals surface area (Å²) in [7, 11) is 1.62. The fourth-order valence-electron chi connectivity index (χ4n) is 3.03. The van der Waals surface area contributed by atoms with Crippen LogP contribution in [-0.4, -0.2) is 23.0 Å². The Morgan fingerprint density at radius 2 is 1.80 bits per heavy atom. The van der Waals surface area contributed by atoms with Gasteiger partial charge in [0.2, 0.25) is 0 Å². The van der Waals surface area contributed by atoms with Gasteiger partial charge in [-0.2, -0.15) is 0 Å². The summed E-state index contributed by atoms with van der Waals surface area (Å²) in [5.74, 6) is 1.17. The van der Waals surface area contributed by atoms with E-state index in [1.165, 1.54) is 0 Å². The molecule has 0 bridgehead atoms. The van der Waals surface area contributed by atoms with Crippen molar-refractivity contribution in [2.75, 3.05) is 12.4 Å². The first-order valence-corrected chi connectivity index (χ1v) is 9.68. The second-order valence-electron chi connectivity index (χ2n) is 6.61. The number of benzene rings is 2. The van der Waals surface area contributed by atoms with Crippen LogP contribution in [0.2, 0.25) is 5.02 Å². The van der Waals surface area contributed by atoms with Crippen molar-refractivity contribution >= 4 is 39.8 Å². The van der Waals surface area contributed by atoms with Gasteiger partial charge in [0.25, 0.3) is 5.91 Å². The van der Waals surface area contributed by atoms with Gasteiger partial charge in [-0.05, 0) is 53.4 Å². The third-order valence-electron chi connectivity index (χ3n) is 4.60.